The molecule has 1 saturated heterocycles. The van der Waals surface area contributed by atoms with Crippen molar-refractivity contribution in [1.29, 1.82) is 0 Å². The number of ether oxygens (including phenoxy) is 4. The van der Waals surface area contributed by atoms with Crippen LogP contribution >= 0.6 is 0 Å². The number of carbonyl (C=O) groups excluding carboxylic acids is 1. The van der Waals surface area contributed by atoms with Gasteiger partial charge in [-0.3, -0.25) is 4.79 Å². The van der Waals surface area contributed by atoms with Crippen LogP contribution in [0.25, 0.3) is 0 Å². The average molecular weight is 715 g/mol. The fourth-order valence-electron chi connectivity index (χ4n) is 6.38. The van der Waals surface area contributed by atoms with Gasteiger partial charge in [-0.1, -0.05) is 154 Å². The van der Waals surface area contributed by atoms with Crippen LogP contribution < -0.4 is 0 Å². The van der Waals surface area contributed by atoms with Crippen molar-refractivity contribution in [3.63, 3.8) is 0 Å². The van der Waals surface area contributed by atoms with Crippen molar-refractivity contribution in [2.24, 2.45) is 0 Å². The topological polar surface area (TPSA) is 135 Å². The SMILES string of the molecule is CCC/C=C\CCCCCCCC(=O)OC(COCCCCCCCCCCCCCCCCCCC)COC1OC(CO)C(O)C(O)C1O. The summed E-state index contributed by atoms with van der Waals surface area (Å²) in [5, 5.41) is 40.0. The third kappa shape index (κ3) is 25.0. The summed E-state index contributed by atoms with van der Waals surface area (Å²) in [7, 11) is 0. The lowest BCUT2D eigenvalue weighted by Crippen LogP contribution is -2.59. The van der Waals surface area contributed by atoms with Gasteiger partial charge in [0.25, 0.3) is 0 Å². The Hall–Kier alpha value is -1.07. The predicted octanol–water partition coefficient (Wildman–Crippen LogP) is 8.47. The van der Waals surface area contributed by atoms with Gasteiger partial charge in [-0.25, -0.2) is 0 Å². The molecule has 0 saturated carbocycles. The molecule has 50 heavy (non-hydrogen) atoms. The first-order valence-electron chi connectivity index (χ1n) is 20.8. The smallest absolute Gasteiger partial charge is 0.306 e. The van der Waals surface area contributed by atoms with E-state index in [-0.39, 0.29) is 19.2 Å². The quantitative estimate of drug-likeness (QED) is 0.0290. The molecule has 1 aliphatic rings. The minimum atomic E-state index is -1.53. The van der Waals surface area contributed by atoms with Crippen molar-refractivity contribution in [2.75, 3.05) is 26.4 Å². The molecule has 6 atom stereocenters. The lowest BCUT2D eigenvalue weighted by molar-refractivity contribution is -0.305. The average Bonchev–Trinajstić information content (AvgIpc) is 3.11. The molecule has 0 radical (unpaired) electrons. The molecule has 4 N–H and O–H groups in total. The number of aliphatic hydroxyl groups excluding tert-OH is 4. The van der Waals surface area contributed by atoms with Crippen LogP contribution in [-0.2, 0) is 23.7 Å². The van der Waals surface area contributed by atoms with E-state index in [4.69, 9.17) is 18.9 Å². The predicted molar refractivity (Wildman–Crippen MR) is 201 cm³/mol. The molecular formula is C41H78O9. The normalized spacial score (nSPS) is 21.6. The summed E-state index contributed by atoms with van der Waals surface area (Å²) in [6.45, 7) is 4.50. The Morgan fingerprint density at radius 3 is 1.70 bits per heavy atom. The molecule has 9 heteroatoms. The zero-order valence-corrected chi connectivity index (χ0v) is 32.2. The number of unbranched alkanes of at least 4 members (excludes halogenated alkanes) is 22. The highest BCUT2D eigenvalue weighted by atomic mass is 16.7. The summed E-state index contributed by atoms with van der Waals surface area (Å²) in [5.74, 6) is -0.323. The fraction of sp³-hybridized carbons (Fsp3) is 0.927. The van der Waals surface area contributed by atoms with Crippen molar-refractivity contribution < 1.29 is 44.2 Å². The molecule has 0 aromatic heterocycles. The number of allylic oxidation sites excluding steroid dienone is 2. The summed E-state index contributed by atoms with van der Waals surface area (Å²) in [6.07, 6.45) is 28.1. The second-order valence-electron chi connectivity index (χ2n) is 14.4. The molecule has 1 aliphatic heterocycles. The molecule has 0 spiro atoms. The van der Waals surface area contributed by atoms with E-state index in [1.807, 2.05) is 0 Å². The van der Waals surface area contributed by atoms with E-state index >= 15 is 0 Å². The van der Waals surface area contributed by atoms with E-state index in [1.54, 1.807) is 0 Å². The first-order valence-corrected chi connectivity index (χ1v) is 20.8. The number of hydrogen-bond acceptors (Lipinski definition) is 9. The van der Waals surface area contributed by atoms with Crippen LogP contribution in [-0.4, -0.2) is 89.6 Å². The molecular weight excluding hydrogens is 636 g/mol. The van der Waals surface area contributed by atoms with E-state index in [1.165, 1.54) is 109 Å². The molecule has 1 rings (SSSR count). The van der Waals surface area contributed by atoms with Crippen LogP contribution in [0, 0.1) is 0 Å². The Bertz CT molecular complexity index is 777. The fourth-order valence-corrected chi connectivity index (χ4v) is 6.38. The lowest BCUT2D eigenvalue weighted by atomic mass is 9.99. The highest BCUT2D eigenvalue weighted by molar-refractivity contribution is 5.69. The molecule has 0 aromatic carbocycles. The van der Waals surface area contributed by atoms with Gasteiger partial charge in [0.2, 0.25) is 0 Å². The summed E-state index contributed by atoms with van der Waals surface area (Å²) >= 11 is 0. The van der Waals surface area contributed by atoms with Crippen LogP contribution in [0.1, 0.15) is 181 Å². The van der Waals surface area contributed by atoms with Gasteiger partial charge in [-0.05, 0) is 32.1 Å². The summed E-state index contributed by atoms with van der Waals surface area (Å²) in [5.41, 5.74) is 0. The molecule has 1 heterocycles. The largest absolute Gasteiger partial charge is 0.457 e. The number of aliphatic hydroxyl groups is 4. The van der Waals surface area contributed by atoms with E-state index in [0.717, 1.165) is 51.4 Å². The minimum absolute atomic E-state index is 0.112. The maximum Gasteiger partial charge on any atom is 0.306 e. The Morgan fingerprint density at radius 1 is 0.620 bits per heavy atom. The van der Waals surface area contributed by atoms with E-state index in [9.17, 15) is 25.2 Å². The second kappa shape index (κ2) is 33.7. The Labute approximate surface area is 305 Å². The first-order chi connectivity index (χ1) is 24.4. The van der Waals surface area contributed by atoms with E-state index in [0.29, 0.717) is 13.0 Å². The lowest BCUT2D eigenvalue weighted by Gasteiger charge is -2.39. The molecule has 0 aromatic rings. The Morgan fingerprint density at radius 2 is 1.14 bits per heavy atom. The van der Waals surface area contributed by atoms with Gasteiger partial charge in [-0.2, -0.15) is 0 Å². The maximum atomic E-state index is 12.7. The molecule has 6 unspecified atom stereocenters. The van der Waals surface area contributed by atoms with Crippen molar-refractivity contribution in [1.82, 2.24) is 0 Å². The van der Waals surface area contributed by atoms with Crippen molar-refractivity contribution in [3.8, 4) is 0 Å². The minimum Gasteiger partial charge on any atom is -0.457 e. The van der Waals surface area contributed by atoms with Crippen LogP contribution in [0.15, 0.2) is 12.2 Å². The van der Waals surface area contributed by atoms with E-state index < -0.39 is 43.4 Å². The highest BCUT2D eigenvalue weighted by Gasteiger charge is 2.44. The van der Waals surface area contributed by atoms with Gasteiger partial charge < -0.3 is 39.4 Å². The number of carbonyl (C=O) groups is 1. The molecule has 296 valence electrons. The van der Waals surface area contributed by atoms with Gasteiger partial charge in [0, 0.05) is 13.0 Å². The Balaban J connectivity index is 2.26. The molecule has 1 fully saturated rings. The zero-order valence-electron chi connectivity index (χ0n) is 32.2. The molecule has 9 nitrogen and oxygen atoms in total. The van der Waals surface area contributed by atoms with Crippen LogP contribution in [0.2, 0.25) is 0 Å². The highest BCUT2D eigenvalue weighted by Crippen LogP contribution is 2.22. The first kappa shape index (κ1) is 47.0. The standard InChI is InChI=1S/C41H78O9/c1-3-5-7-9-11-13-15-16-17-18-19-20-21-23-25-27-29-31-47-33-35(34-48-41-40(46)39(45)38(44)36(32-42)50-41)49-37(43)30-28-26-24-22-14-12-10-8-6-4-2/h8,10,35-36,38-42,44-46H,3-7,9,11-34H2,1-2H3/b10-8-. The number of hydrogen-bond donors (Lipinski definition) is 4. The third-order valence-electron chi connectivity index (χ3n) is 9.66. The van der Waals surface area contributed by atoms with Gasteiger partial charge in [0.1, 0.15) is 30.5 Å². The molecule has 0 amide bonds. The molecule has 0 bridgehead atoms. The zero-order chi connectivity index (χ0) is 36.5. The van der Waals surface area contributed by atoms with Crippen molar-refractivity contribution >= 4 is 5.97 Å². The maximum absolute atomic E-state index is 12.7. The van der Waals surface area contributed by atoms with Crippen LogP contribution in [0.5, 0.6) is 0 Å². The van der Waals surface area contributed by atoms with Crippen molar-refractivity contribution in [2.45, 2.75) is 218 Å². The third-order valence-corrected chi connectivity index (χ3v) is 9.66. The van der Waals surface area contributed by atoms with Gasteiger partial charge in [0.05, 0.1) is 19.8 Å². The van der Waals surface area contributed by atoms with Gasteiger partial charge >= 0.3 is 5.97 Å². The van der Waals surface area contributed by atoms with Gasteiger partial charge in [0.15, 0.2) is 6.29 Å². The Kier molecular flexibility index (Phi) is 31.7. The van der Waals surface area contributed by atoms with Crippen molar-refractivity contribution in [3.05, 3.63) is 12.2 Å². The van der Waals surface area contributed by atoms with Crippen LogP contribution in [0.4, 0.5) is 0 Å². The summed E-state index contributed by atoms with van der Waals surface area (Å²) in [6, 6.07) is 0. The van der Waals surface area contributed by atoms with E-state index in [2.05, 4.69) is 26.0 Å². The summed E-state index contributed by atoms with van der Waals surface area (Å²) < 4.78 is 22.7. The van der Waals surface area contributed by atoms with Gasteiger partial charge in [-0.15, -0.1) is 0 Å². The van der Waals surface area contributed by atoms with Crippen LogP contribution in [0.3, 0.4) is 0 Å². The number of rotatable bonds is 35. The summed E-state index contributed by atoms with van der Waals surface area (Å²) in [4.78, 5) is 12.7. The monoisotopic (exact) mass is 715 g/mol. The molecule has 0 aliphatic carbocycles. The second-order valence-corrected chi connectivity index (χ2v) is 14.4. The number of esters is 1.